The molecule has 0 aromatic rings. The molecular formula is C26H42O4. The SMILES string of the molecule is C/C=C1/[C@@H](O)[C@@H]2[C@H](CC[C@]3(C)[C@@H]([C@H](C)CCC(=O)O)CC[C@@H]23)[C@@]2(C)CC[C@@H](O)C[C@@H]12. The molecule has 0 unspecified atom stereocenters. The van der Waals surface area contributed by atoms with Crippen molar-refractivity contribution >= 4 is 5.97 Å². The first kappa shape index (κ1) is 22.3. The third-order valence-corrected chi connectivity index (χ3v) is 10.5. The molecule has 4 rings (SSSR count). The molecule has 4 aliphatic carbocycles. The van der Waals surface area contributed by atoms with E-state index in [0.29, 0.717) is 35.5 Å². The molecule has 0 amide bonds. The fourth-order valence-corrected chi connectivity index (χ4v) is 9.00. The van der Waals surface area contributed by atoms with Crippen LogP contribution in [0.3, 0.4) is 0 Å². The first-order chi connectivity index (χ1) is 14.1. The van der Waals surface area contributed by atoms with Gasteiger partial charge in [-0.2, -0.15) is 0 Å². The number of carboxylic acids is 1. The second-order valence-electron chi connectivity index (χ2n) is 11.6. The highest BCUT2D eigenvalue weighted by atomic mass is 16.4. The quantitative estimate of drug-likeness (QED) is 0.559. The molecule has 10 atom stereocenters. The zero-order chi connectivity index (χ0) is 21.8. The Morgan fingerprint density at radius 1 is 1.10 bits per heavy atom. The summed E-state index contributed by atoms with van der Waals surface area (Å²) in [7, 11) is 0. The maximum Gasteiger partial charge on any atom is 0.303 e. The van der Waals surface area contributed by atoms with Gasteiger partial charge >= 0.3 is 5.97 Å². The summed E-state index contributed by atoms with van der Waals surface area (Å²) in [6.07, 6.45) is 9.99. The lowest BCUT2D eigenvalue weighted by atomic mass is 9.42. The zero-order valence-corrected chi connectivity index (χ0v) is 19.3. The minimum atomic E-state index is -0.691. The molecule has 4 heteroatoms. The Hall–Kier alpha value is -0.870. The van der Waals surface area contributed by atoms with Crippen LogP contribution in [0.15, 0.2) is 11.6 Å². The van der Waals surface area contributed by atoms with Crippen LogP contribution in [0.1, 0.15) is 85.5 Å². The van der Waals surface area contributed by atoms with Crippen LogP contribution < -0.4 is 0 Å². The number of aliphatic carboxylic acids is 1. The maximum absolute atomic E-state index is 11.6. The Balaban J connectivity index is 1.63. The summed E-state index contributed by atoms with van der Waals surface area (Å²) in [5.74, 6) is 1.94. The van der Waals surface area contributed by atoms with Crippen molar-refractivity contribution in [2.45, 2.75) is 97.7 Å². The molecule has 170 valence electrons. The smallest absolute Gasteiger partial charge is 0.303 e. The predicted octanol–water partition coefficient (Wildman–Crippen LogP) is 5.03. The summed E-state index contributed by atoms with van der Waals surface area (Å²) < 4.78 is 0. The number of aliphatic hydroxyl groups is 2. The van der Waals surface area contributed by atoms with Crippen molar-refractivity contribution in [3.05, 3.63) is 11.6 Å². The third kappa shape index (κ3) is 3.28. The van der Waals surface area contributed by atoms with Crippen molar-refractivity contribution < 1.29 is 20.1 Å². The molecule has 0 radical (unpaired) electrons. The lowest BCUT2D eigenvalue weighted by molar-refractivity contribution is -0.147. The van der Waals surface area contributed by atoms with Gasteiger partial charge in [-0.3, -0.25) is 4.79 Å². The lowest BCUT2D eigenvalue weighted by Gasteiger charge is -2.63. The highest BCUT2D eigenvalue weighted by Gasteiger charge is 2.63. The van der Waals surface area contributed by atoms with Gasteiger partial charge in [0.05, 0.1) is 12.2 Å². The lowest BCUT2D eigenvalue weighted by Crippen LogP contribution is -2.59. The first-order valence-corrected chi connectivity index (χ1v) is 12.4. The highest BCUT2D eigenvalue weighted by Crippen LogP contribution is 2.69. The molecule has 0 aliphatic heterocycles. The first-order valence-electron chi connectivity index (χ1n) is 12.4. The van der Waals surface area contributed by atoms with E-state index >= 15 is 0 Å². The molecule has 0 aromatic heterocycles. The van der Waals surface area contributed by atoms with Crippen LogP contribution >= 0.6 is 0 Å². The van der Waals surface area contributed by atoms with Gasteiger partial charge in [0.2, 0.25) is 0 Å². The number of carboxylic acid groups (broad SMARTS) is 1. The average Bonchev–Trinajstić information content (AvgIpc) is 3.05. The molecule has 4 saturated carbocycles. The molecule has 0 saturated heterocycles. The van der Waals surface area contributed by atoms with Gasteiger partial charge in [0.1, 0.15) is 0 Å². The zero-order valence-electron chi connectivity index (χ0n) is 19.3. The Kier molecular flexibility index (Phi) is 5.89. The van der Waals surface area contributed by atoms with Crippen LogP contribution in [0.25, 0.3) is 0 Å². The number of allylic oxidation sites excluding steroid dienone is 1. The average molecular weight is 419 g/mol. The van der Waals surface area contributed by atoms with Gasteiger partial charge in [-0.25, -0.2) is 0 Å². The molecule has 4 fully saturated rings. The van der Waals surface area contributed by atoms with E-state index < -0.39 is 5.97 Å². The fourth-order valence-electron chi connectivity index (χ4n) is 9.00. The van der Waals surface area contributed by atoms with Crippen molar-refractivity contribution in [2.75, 3.05) is 0 Å². The molecular weight excluding hydrogens is 376 g/mol. The highest BCUT2D eigenvalue weighted by molar-refractivity contribution is 5.66. The van der Waals surface area contributed by atoms with Gasteiger partial charge in [0.15, 0.2) is 0 Å². The predicted molar refractivity (Wildman–Crippen MR) is 118 cm³/mol. The summed E-state index contributed by atoms with van der Waals surface area (Å²) in [5, 5.41) is 31.2. The normalized spacial score (nSPS) is 50.5. The number of hydrogen-bond donors (Lipinski definition) is 3. The van der Waals surface area contributed by atoms with Crippen LogP contribution in [-0.2, 0) is 4.79 Å². The topological polar surface area (TPSA) is 77.8 Å². The van der Waals surface area contributed by atoms with Crippen LogP contribution in [0.2, 0.25) is 0 Å². The van der Waals surface area contributed by atoms with Crippen molar-refractivity contribution in [3.63, 3.8) is 0 Å². The van der Waals surface area contributed by atoms with E-state index in [1.54, 1.807) is 0 Å². The maximum atomic E-state index is 11.6. The second kappa shape index (κ2) is 7.92. The summed E-state index contributed by atoms with van der Waals surface area (Å²) in [6, 6.07) is 0. The van der Waals surface area contributed by atoms with Crippen LogP contribution in [0.4, 0.5) is 0 Å². The van der Waals surface area contributed by atoms with Gasteiger partial charge in [-0.1, -0.05) is 26.8 Å². The minimum Gasteiger partial charge on any atom is -0.481 e. The van der Waals surface area contributed by atoms with E-state index in [4.69, 9.17) is 5.11 Å². The van der Waals surface area contributed by atoms with Gasteiger partial charge in [0.25, 0.3) is 0 Å². The van der Waals surface area contributed by atoms with Crippen LogP contribution in [-0.4, -0.2) is 33.5 Å². The Morgan fingerprint density at radius 2 is 1.77 bits per heavy atom. The number of rotatable bonds is 4. The summed E-state index contributed by atoms with van der Waals surface area (Å²) in [6.45, 7) is 9.21. The summed E-state index contributed by atoms with van der Waals surface area (Å²) in [5.41, 5.74) is 1.57. The molecule has 4 aliphatic rings. The Morgan fingerprint density at radius 3 is 2.43 bits per heavy atom. The van der Waals surface area contributed by atoms with Gasteiger partial charge in [-0.05, 0) is 110 Å². The van der Waals surface area contributed by atoms with Crippen molar-refractivity contribution in [3.8, 4) is 0 Å². The second-order valence-corrected chi connectivity index (χ2v) is 11.6. The molecule has 0 spiro atoms. The summed E-state index contributed by atoms with van der Waals surface area (Å²) >= 11 is 0. The molecule has 0 bridgehead atoms. The fraction of sp³-hybridized carbons (Fsp3) is 0.885. The van der Waals surface area contributed by atoms with Crippen LogP contribution in [0.5, 0.6) is 0 Å². The third-order valence-electron chi connectivity index (χ3n) is 10.5. The number of fused-ring (bicyclic) bond motifs is 5. The van der Waals surface area contributed by atoms with E-state index in [2.05, 4.69) is 33.8 Å². The van der Waals surface area contributed by atoms with E-state index in [1.165, 1.54) is 18.4 Å². The molecule has 4 nitrogen and oxygen atoms in total. The van der Waals surface area contributed by atoms with Crippen molar-refractivity contribution in [2.24, 2.45) is 46.3 Å². The van der Waals surface area contributed by atoms with Gasteiger partial charge in [-0.15, -0.1) is 0 Å². The Labute approximate surface area is 182 Å². The number of carbonyl (C=O) groups is 1. The van der Waals surface area contributed by atoms with E-state index in [9.17, 15) is 15.0 Å². The van der Waals surface area contributed by atoms with E-state index in [0.717, 1.165) is 38.5 Å². The molecule has 3 N–H and O–H groups in total. The van der Waals surface area contributed by atoms with E-state index in [1.807, 2.05) is 0 Å². The molecule has 30 heavy (non-hydrogen) atoms. The Bertz CT molecular complexity index is 701. The van der Waals surface area contributed by atoms with Crippen LogP contribution in [0, 0.1) is 46.3 Å². The number of aliphatic hydroxyl groups excluding tert-OH is 2. The van der Waals surface area contributed by atoms with Gasteiger partial charge < -0.3 is 15.3 Å². The van der Waals surface area contributed by atoms with Crippen molar-refractivity contribution in [1.29, 1.82) is 0 Å². The summed E-state index contributed by atoms with van der Waals surface area (Å²) in [4.78, 5) is 11.1. The van der Waals surface area contributed by atoms with Crippen molar-refractivity contribution in [1.82, 2.24) is 0 Å². The molecule has 0 aromatic carbocycles. The van der Waals surface area contributed by atoms with Gasteiger partial charge in [0, 0.05) is 6.42 Å². The standard InChI is InChI=1S/C26H42O4/c1-5-17-21-14-16(27)10-12-26(21,4)20-11-13-25(3)18(15(2)6-9-22(28)29)7-8-19(25)23(20)24(17)30/h5,15-16,18-21,23-24,27,30H,6-14H2,1-4H3,(H,28,29)/b17-5+/t15-,16-,18-,19+,20+,21+,23+,24-,25-,26-/m1/s1. The van der Waals surface area contributed by atoms with E-state index in [-0.39, 0.29) is 29.5 Å². The molecule has 0 heterocycles. The minimum absolute atomic E-state index is 0.180. The largest absolute Gasteiger partial charge is 0.481 e. The monoisotopic (exact) mass is 418 g/mol. The number of hydrogen-bond acceptors (Lipinski definition) is 3.